The first-order valence-corrected chi connectivity index (χ1v) is 8.34. The summed E-state index contributed by atoms with van der Waals surface area (Å²) in [6, 6.07) is 11.6. The molecule has 6 heteroatoms. The Morgan fingerprint density at radius 1 is 1.04 bits per heavy atom. The number of hydrogen-bond donors (Lipinski definition) is 1. The highest BCUT2D eigenvalue weighted by atomic mass is 32.2. The second-order valence-corrected chi connectivity index (χ2v) is 6.95. The number of carbonyl (C=O) groups excluding carboxylic acids is 1. The molecule has 120 valence electrons. The Hall–Kier alpha value is -2.47. The summed E-state index contributed by atoms with van der Waals surface area (Å²) in [5.41, 5.74) is 1.39. The molecule has 2 aromatic carbocycles. The van der Waals surface area contributed by atoms with Gasteiger partial charge < -0.3 is 5.32 Å². The minimum absolute atomic E-state index is 0.0467. The molecule has 2 rings (SSSR count). The molecule has 0 saturated carbocycles. The number of benzene rings is 2. The first-order chi connectivity index (χ1) is 10.8. The summed E-state index contributed by atoms with van der Waals surface area (Å²) in [6.07, 6.45) is 1.13. The van der Waals surface area contributed by atoms with Crippen LogP contribution in [0.15, 0.2) is 64.5 Å². The topological polar surface area (TPSA) is 63.2 Å². The molecule has 23 heavy (non-hydrogen) atoms. The zero-order valence-corrected chi connectivity index (χ0v) is 13.5. The Bertz CT molecular complexity index is 838. The number of aryl methyl sites for hydroxylation is 1. The van der Waals surface area contributed by atoms with Crippen molar-refractivity contribution in [1.82, 2.24) is 0 Å². The molecule has 0 bridgehead atoms. The third-order valence-corrected chi connectivity index (χ3v) is 5.06. The maximum Gasteiger partial charge on any atom is 0.211 e. The van der Waals surface area contributed by atoms with E-state index in [1.165, 1.54) is 43.3 Å². The van der Waals surface area contributed by atoms with Gasteiger partial charge >= 0.3 is 0 Å². The number of allylic oxidation sites excluding steroid dienone is 1. The third kappa shape index (κ3) is 4.04. The lowest BCUT2D eigenvalue weighted by molar-refractivity contribution is -0.113. The first-order valence-electron chi connectivity index (χ1n) is 6.85. The molecule has 0 atom stereocenters. The molecule has 0 saturated heterocycles. The number of ketones is 1. The lowest BCUT2D eigenvalue weighted by Gasteiger charge is -2.08. The Morgan fingerprint density at radius 2 is 1.61 bits per heavy atom. The van der Waals surface area contributed by atoms with Gasteiger partial charge in [-0.15, -0.1) is 0 Å². The number of rotatable bonds is 5. The van der Waals surface area contributed by atoms with Crippen LogP contribution in [0.4, 0.5) is 10.1 Å². The van der Waals surface area contributed by atoms with Crippen LogP contribution in [-0.2, 0) is 14.6 Å². The van der Waals surface area contributed by atoms with E-state index in [0.717, 1.165) is 11.8 Å². The zero-order valence-electron chi connectivity index (χ0n) is 12.7. The van der Waals surface area contributed by atoms with Crippen molar-refractivity contribution in [2.75, 3.05) is 5.32 Å². The Kier molecular flexibility index (Phi) is 4.95. The molecule has 0 aliphatic heterocycles. The van der Waals surface area contributed by atoms with Crippen LogP contribution in [-0.4, -0.2) is 14.2 Å². The van der Waals surface area contributed by atoms with Crippen LogP contribution < -0.4 is 5.32 Å². The van der Waals surface area contributed by atoms with E-state index in [0.29, 0.717) is 5.69 Å². The monoisotopic (exact) mass is 333 g/mol. The number of Topliss-reactive ketones (excluding diaryl/α,β-unsaturated/α-hetero) is 1. The number of hydrogen-bond acceptors (Lipinski definition) is 4. The van der Waals surface area contributed by atoms with Gasteiger partial charge in [0.25, 0.3) is 0 Å². The average Bonchev–Trinajstić information content (AvgIpc) is 2.49. The molecule has 0 fully saturated rings. The van der Waals surface area contributed by atoms with Crippen molar-refractivity contribution in [1.29, 1.82) is 0 Å². The number of anilines is 1. The zero-order chi connectivity index (χ0) is 17.0. The molecule has 0 aliphatic carbocycles. The van der Waals surface area contributed by atoms with Crippen molar-refractivity contribution in [3.8, 4) is 0 Å². The highest BCUT2D eigenvalue weighted by molar-refractivity contribution is 7.96. The Balaban J connectivity index is 2.37. The molecule has 1 N–H and O–H groups in total. The smallest absolute Gasteiger partial charge is 0.211 e. The molecule has 0 aliphatic rings. The highest BCUT2D eigenvalue weighted by Gasteiger charge is 2.24. The predicted octanol–water partition coefficient (Wildman–Crippen LogP) is 3.45. The van der Waals surface area contributed by atoms with Gasteiger partial charge in [0, 0.05) is 11.9 Å². The van der Waals surface area contributed by atoms with Crippen LogP contribution >= 0.6 is 0 Å². The van der Waals surface area contributed by atoms with Gasteiger partial charge in [0.15, 0.2) is 5.78 Å². The van der Waals surface area contributed by atoms with Crippen LogP contribution in [0.3, 0.4) is 0 Å². The van der Waals surface area contributed by atoms with E-state index in [2.05, 4.69) is 5.32 Å². The fourth-order valence-corrected chi connectivity index (χ4v) is 3.25. The SMILES string of the molecule is CC(=O)C(=CNc1ccc(F)cc1)S(=O)(=O)c1ccc(C)cc1. The van der Waals surface area contributed by atoms with Crippen LogP contribution in [0.25, 0.3) is 0 Å². The van der Waals surface area contributed by atoms with Crippen molar-refractivity contribution < 1.29 is 17.6 Å². The second-order valence-electron chi connectivity index (χ2n) is 5.03. The third-order valence-electron chi connectivity index (χ3n) is 3.18. The van der Waals surface area contributed by atoms with E-state index in [1.54, 1.807) is 12.1 Å². The van der Waals surface area contributed by atoms with E-state index < -0.39 is 21.4 Å². The predicted molar refractivity (Wildman–Crippen MR) is 87.2 cm³/mol. The van der Waals surface area contributed by atoms with Crippen LogP contribution in [0.1, 0.15) is 12.5 Å². The minimum atomic E-state index is -3.92. The maximum atomic E-state index is 12.9. The molecule has 0 aromatic heterocycles. The van der Waals surface area contributed by atoms with Crippen molar-refractivity contribution in [2.45, 2.75) is 18.7 Å². The summed E-state index contributed by atoms with van der Waals surface area (Å²) < 4.78 is 38.0. The molecule has 2 aromatic rings. The normalized spacial score (nSPS) is 12.0. The standard InChI is InChI=1S/C17H16FNO3S/c1-12-3-9-16(10-4-12)23(21,22)17(13(2)20)11-19-15-7-5-14(18)6-8-15/h3-11,19H,1-2H3. The molecular weight excluding hydrogens is 317 g/mol. The van der Waals surface area contributed by atoms with Gasteiger partial charge in [-0.2, -0.15) is 0 Å². The van der Waals surface area contributed by atoms with E-state index >= 15 is 0 Å². The second kappa shape index (κ2) is 6.75. The lowest BCUT2D eigenvalue weighted by atomic mass is 10.2. The lowest BCUT2D eigenvalue weighted by Crippen LogP contribution is -2.13. The van der Waals surface area contributed by atoms with Gasteiger partial charge in [0.05, 0.1) is 4.90 Å². The van der Waals surface area contributed by atoms with Gasteiger partial charge in [0.2, 0.25) is 9.84 Å². The average molecular weight is 333 g/mol. The van der Waals surface area contributed by atoms with Crippen LogP contribution in [0.2, 0.25) is 0 Å². The van der Waals surface area contributed by atoms with Gasteiger partial charge in [0.1, 0.15) is 10.7 Å². The van der Waals surface area contributed by atoms with Crippen molar-refractivity contribution >= 4 is 21.3 Å². The molecule has 0 radical (unpaired) electrons. The number of nitrogens with one attached hydrogen (secondary N) is 1. The van der Waals surface area contributed by atoms with Crippen molar-refractivity contribution in [3.05, 3.63) is 71.0 Å². The molecule has 0 heterocycles. The van der Waals surface area contributed by atoms with E-state index in [9.17, 15) is 17.6 Å². The van der Waals surface area contributed by atoms with E-state index in [1.807, 2.05) is 6.92 Å². The summed E-state index contributed by atoms with van der Waals surface area (Å²) in [5.74, 6) is -0.987. The number of halogens is 1. The molecule has 0 amide bonds. The van der Waals surface area contributed by atoms with Gasteiger partial charge in [-0.3, -0.25) is 4.79 Å². The number of sulfone groups is 1. The summed E-state index contributed by atoms with van der Waals surface area (Å²) in [6.45, 7) is 3.03. The minimum Gasteiger partial charge on any atom is -0.360 e. The number of carbonyl (C=O) groups is 1. The summed E-state index contributed by atoms with van der Waals surface area (Å²) in [5, 5.41) is 2.71. The fraction of sp³-hybridized carbons (Fsp3) is 0.118. The molecular formula is C17H16FNO3S. The Morgan fingerprint density at radius 3 is 2.13 bits per heavy atom. The van der Waals surface area contributed by atoms with Crippen molar-refractivity contribution in [2.24, 2.45) is 0 Å². The summed E-state index contributed by atoms with van der Waals surface area (Å²) in [7, 11) is -3.92. The maximum absolute atomic E-state index is 12.9. The van der Waals surface area contributed by atoms with Crippen molar-refractivity contribution in [3.63, 3.8) is 0 Å². The molecule has 4 nitrogen and oxygen atoms in total. The quantitative estimate of drug-likeness (QED) is 0.851. The van der Waals surface area contributed by atoms with E-state index in [-0.39, 0.29) is 9.80 Å². The molecule has 0 unspecified atom stereocenters. The largest absolute Gasteiger partial charge is 0.360 e. The highest BCUT2D eigenvalue weighted by Crippen LogP contribution is 2.21. The van der Waals surface area contributed by atoms with Gasteiger partial charge in [-0.25, -0.2) is 12.8 Å². The summed E-state index contributed by atoms with van der Waals surface area (Å²) in [4.78, 5) is 11.4. The molecule has 0 spiro atoms. The fourth-order valence-electron chi connectivity index (χ4n) is 1.91. The van der Waals surface area contributed by atoms with Crippen LogP contribution in [0, 0.1) is 12.7 Å². The van der Waals surface area contributed by atoms with E-state index in [4.69, 9.17) is 0 Å². The van der Waals surface area contributed by atoms with Gasteiger partial charge in [-0.05, 0) is 50.2 Å². The summed E-state index contributed by atoms with van der Waals surface area (Å²) >= 11 is 0. The van der Waals surface area contributed by atoms with Gasteiger partial charge in [-0.1, -0.05) is 17.7 Å². The Labute approximate surface area is 134 Å². The first kappa shape index (κ1) is 16.9. The van der Waals surface area contributed by atoms with Crippen LogP contribution in [0.5, 0.6) is 0 Å².